The molecule has 2 rings (SSSR count). The van der Waals surface area contributed by atoms with Crippen molar-refractivity contribution < 1.29 is 14.3 Å². The lowest BCUT2D eigenvalue weighted by Gasteiger charge is -2.18. The smallest absolute Gasteiger partial charge is 0.254 e. The van der Waals surface area contributed by atoms with Crippen LogP contribution in [0.2, 0.25) is 0 Å². The zero-order valence-corrected chi connectivity index (χ0v) is 16.5. The predicted molar refractivity (Wildman–Crippen MR) is 106 cm³/mol. The highest BCUT2D eigenvalue weighted by atomic mass is 16.5. The second kappa shape index (κ2) is 9.16. The number of hydrogen-bond donors (Lipinski definition) is 2. The highest BCUT2D eigenvalue weighted by molar-refractivity contribution is 6.04. The van der Waals surface area contributed by atoms with E-state index >= 15 is 0 Å². The molecule has 2 N–H and O–H groups in total. The maximum atomic E-state index is 12.9. The van der Waals surface area contributed by atoms with Gasteiger partial charge in [0.1, 0.15) is 0 Å². The van der Waals surface area contributed by atoms with Crippen LogP contribution in [0.5, 0.6) is 5.88 Å². The standard InChI is InChI=1S/C21H27N3O3/c1-6-27-19-11-17(18(12-22-19)24-20(25)13(2)3)21(26)23-15(5)16-9-7-8-14(4)10-16/h7-13,15H,6H2,1-5H3,(H,23,26)(H,24,25). The number of amides is 2. The van der Waals surface area contributed by atoms with Crippen LogP contribution in [0, 0.1) is 12.8 Å². The molecule has 0 saturated heterocycles. The number of hydrogen-bond acceptors (Lipinski definition) is 4. The number of rotatable bonds is 7. The third-order valence-corrected chi connectivity index (χ3v) is 4.09. The summed E-state index contributed by atoms with van der Waals surface area (Å²) in [6, 6.07) is 9.34. The molecule has 2 aromatic rings. The lowest BCUT2D eigenvalue weighted by molar-refractivity contribution is -0.118. The fraction of sp³-hybridized carbons (Fsp3) is 0.381. The molecule has 1 unspecified atom stereocenters. The first kappa shape index (κ1) is 20.4. The van der Waals surface area contributed by atoms with Gasteiger partial charge in [0, 0.05) is 12.0 Å². The number of benzene rings is 1. The first-order valence-electron chi connectivity index (χ1n) is 9.13. The van der Waals surface area contributed by atoms with Crippen molar-refractivity contribution in [2.45, 2.75) is 40.7 Å². The Morgan fingerprint density at radius 3 is 2.56 bits per heavy atom. The molecule has 0 radical (unpaired) electrons. The van der Waals surface area contributed by atoms with Crippen LogP contribution in [-0.4, -0.2) is 23.4 Å². The van der Waals surface area contributed by atoms with Crippen molar-refractivity contribution in [1.29, 1.82) is 0 Å². The van der Waals surface area contributed by atoms with Crippen LogP contribution < -0.4 is 15.4 Å². The number of nitrogens with zero attached hydrogens (tertiary/aromatic N) is 1. The summed E-state index contributed by atoms with van der Waals surface area (Å²) in [7, 11) is 0. The van der Waals surface area contributed by atoms with Crippen molar-refractivity contribution >= 4 is 17.5 Å². The van der Waals surface area contributed by atoms with Crippen molar-refractivity contribution in [3.8, 4) is 5.88 Å². The van der Waals surface area contributed by atoms with Gasteiger partial charge < -0.3 is 15.4 Å². The van der Waals surface area contributed by atoms with Crippen molar-refractivity contribution in [3.63, 3.8) is 0 Å². The fourth-order valence-corrected chi connectivity index (χ4v) is 2.52. The highest BCUT2D eigenvalue weighted by Crippen LogP contribution is 2.22. The van der Waals surface area contributed by atoms with E-state index in [9.17, 15) is 9.59 Å². The van der Waals surface area contributed by atoms with E-state index in [1.54, 1.807) is 19.9 Å². The SMILES string of the molecule is CCOc1cc(C(=O)NC(C)c2cccc(C)c2)c(NC(=O)C(C)C)cn1. The van der Waals surface area contributed by atoms with E-state index in [1.807, 2.05) is 45.0 Å². The van der Waals surface area contributed by atoms with Gasteiger partial charge in [-0.1, -0.05) is 43.7 Å². The molecular weight excluding hydrogens is 342 g/mol. The Hall–Kier alpha value is -2.89. The average Bonchev–Trinajstić information content (AvgIpc) is 2.62. The Morgan fingerprint density at radius 2 is 1.93 bits per heavy atom. The number of carbonyl (C=O) groups excluding carboxylic acids is 2. The van der Waals surface area contributed by atoms with Gasteiger partial charge in [0.2, 0.25) is 11.8 Å². The molecular formula is C21H27N3O3. The number of aromatic nitrogens is 1. The number of pyridine rings is 1. The Kier molecular flexibility index (Phi) is 6.93. The van der Waals surface area contributed by atoms with Gasteiger partial charge in [-0.25, -0.2) is 4.98 Å². The maximum Gasteiger partial charge on any atom is 0.254 e. The topological polar surface area (TPSA) is 80.3 Å². The minimum atomic E-state index is -0.300. The van der Waals surface area contributed by atoms with Crippen LogP contribution >= 0.6 is 0 Å². The van der Waals surface area contributed by atoms with E-state index in [4.69, 9.17) is 4.74 Å². The van der Waals surface area contributed by atoms with Gasteiger partial charge in [0.15, 0.2) is 0 Å². The van der Waals surface area contributed by atoms with Gasteiger partial charge in [0.05, 0.1) is 30.1 Å². The van der Waals surface area contributed by atoms with Gasteiger partial charge in [0.25, 0.3) is 5.91 Å². The van der Waals surface area contributed by atoms with Crippen LogP contribution in [0.1, 0.15) is 55.2 Å². The predicted octanol–water partition coefficient (Wildman–Crippen LogP) is 3.87. The second-order valence-corrected chi connectivity index (χ2v) is 6.75. The molecule has 0 aliphatic rings. The Morgan fingerprint density at radius 1 is 1.19 bits per heavy atom. The van der Waals surface area contributed by atoms with E-state index in [2.05, 4.69) is 15.6 Å². The van der Waals surface area contributed by atoms with E-state index in [1.165, 1.54) is 6.20 Å². The van der Waals surface area contributed by atoms with Gasteiger partial charge in [-0.15, -0.1) is 0 Å². The molecule has 0 aliphatic carbocycles. The summed E-state index contributed by atoms with van der Waals surface area (Å²) in [6.07, 6.45) is 1.46. The van der Waals surface area contributed by atoms with Crippen LogP contribution in [0.4, 0.5) is 5.69 Å². The Labute approximate surface area is 160 Å². The summed E-state index contributed by atoms with van der Waals surface area (Å²) in [6.45, 7) is 9.79. The van der Waals surface area contributed by atoms with E-state index < -0.39 is 0 Å². The van der Waals surface area contributed by atoms with E-state index in [0.717, 1.165) is 11.1 Å². The molecule has 0 saturated carbocycles. The second-order valence-electron chi connectivity index (χ2n) is 6.75. The first-order chi connectivity index (χ1) is 12.8. The van der Waals surface area contributed by atoms with Crippen LogP contribution in [0.3, 0.4) is 0 Å². The van der Waals surface area contributed by atoms with Crippen LogP contribution in [0.15, 0.2) is 36.5 Å². The Bertz CT molecular complexity index is 818. The van der Waals surface area contributed by atoms with Gasteiger partial charge in [-0.05, 0) is 26.3 Å². The highest BCUT2D eigenvalue weighted by Gasteiger charge is 2.19. The molecule has 0 spiro atoms. The minimum absolute atomic E-state index is 0.179. The van der Waals surface area contributed by atoms with Gasteiger partial charge in [-0.2, -0.15) is 0 Å². The number of ether oxygens (including phenoxy) is 1. The molecule has 0 aliphatic heterocycles. The summed E-state index contributed by atoms with van der Waals surface area (Å²) >= 11 is 0. The monoisotopic (exact) mass is 369 g/mol. The molecule has 1 atom stereocenters. The number of anilines is 1. The molecule has 1 aromatic carbocycles. The maximum absolute atomic E-state index is 12.9. The summed E-state index contributed by atoms with van der Waals surface area (Å²) in [4.78, 5) is 29.1. The minimum Gasteiger partial charge on any atom is -0.478 e. The van der Waals surface area contributed by atoms with Crippen molar-refractivity contribution in [3.05, 3.63) is 53.2 Å². The van der Waals surface area contributed by atoms with Crippen molar-refractivity contribution in [2.75, 3.05) is 11.9 Å². The van der Waals surface area contributed by atoms with E-state index in [-0.39, 0.29) is 23.8 Å². The molecule has 2 amide bonds. The Balaban J connectivity index is 2.28. The van der Waals surface area contributed by atoms with Crippen molar-refractivity contribution in [2.24, 2.45) is 5.92 Å². The first-order valence-corrected chi connectivity index (χ1v) is 9.13. The molecule has 6 heteroatoms. The zero-order valence-electron chi connectivity index (χ0n) is 16.5. The number of nitrogens with one attached hydrogen (secondary N) is 2. The zero-order chi connectivity index (χ0) is 20.0. The van der Waals surface area contributed by atoms with Crippen molar-refractivity contribution in [1.82, 2.24) is 10.3 Å². The van der Waals surface area contributed by atoms with Crippen LogP contribution in [0.25, 0.3) is 0 Å². The van der Waals surface area contributed by atoms with Gasteiger partial charge in [-0.3, -0.25) is 9.59 Å². The molecule has 0 fully saturated rings. The van der Waals surface area contributed by atoms with Gasteiger partial charge >= 0.3 is 0 Å². The quantitative estimate of drug-likeness (QED) is 0.776. The summed E-state index contributed by atoms with van der Waals surface area (Å²) < 4.78 is 5.41. The largest absolute Gasteiger partial charge is 0.478 e. The normalized spacial score (nSPS) is 11.8. The fourth-order valence-electron chi connectivity index (χ4n) is 2.52. The lowest BCUT2D eigenvalue weighted by atomic mass is 10.1. The van der Waals surface area contributed by atoms with Crippen LogP contribution in [-0.2, 0) is 4.79 Å². The summed E-state index contributed by atoms with van der Waals surface area (Å²) in [5.41, 5.74) is 2.82. The number of carbonyl (C=O) groups is 2. The average molecular weight is 369 g/mol. The summed E-state index contributed by atoms with van der Waals surface area (Å²) in [5, 5.41) is 5.74. The molecule has 144 valence electrons. The summed E-state index contributed by atoms with van der Waals surface area (Å²) in [5.74, 6) is -0.347. The molecule has 6 nitrogen and oxygen atoms in total. The lowest BCUT2D eigenvalue weighted by Crippen LogP contribution is -2.28. The third kappa shape index (κ3) is 5.54. The number of aryl methyl sites for hydroxylation is 1. The third-order valence-electron chi connectivity index (χ3n) is 4.09. The molecule has 1 aromatic heterocycles. The van der Waals surface area contributed by atoms with E-state index in [0.29, 0.717) is 23.7 Å². The molecule has 0 bridgehead atoms. The molecule has 1 heterocycles. The molecule has 27 heavy (non-hydrogen) atoms.